The monoisotopic (exact) mass is 338 g/mol. The third-order valence-electron chi connectivity index (χ3n) is 5.59. The zero-order valence-electron chi connectivity index (χ0n) is 15.0. The summed E-state index contributed by atoms with van der Waals surface area (Å²) in [6.45, 7) is 1.04. The number of nitrogens with zero attached hydrogens (tertiary/aromatic N) is 2. The lowest BCUT2D eigenvalue weighted by Gasteiger charge is -2.39. The molecule has 5 rings (SSSR count). The molecule has 0 amide bonds. The molecule has 0 N–H and O–H groups in total. The maximum atomic E-state index is 2.56. The topological polar surface area (TPSA) is 8.17 Å². The molecular weight excluding hydrogens is 316 g/mol. The maximum absolute atomic E-state index is 2.56. The van der Waals surface area contributed by atoms with E-state index in [2.05, 4.69) is 102 Å². The predicted molar refractivity (Wildman–Crippen MR) is 109 cm³/mol. The second-order valence-corrected chi connectivity index (χ2v) is 7.09. The summed E-state index contributed by atoms with van der Waals surface area (Å²) in [7, 11) is 2.15. The molecule has 0 saturated carbocycles. The van der Waals surface area contributed by atoms with Gasteiger partial charge in [0.25, 0.3) is 0 Å². The summed E-state index contributed by atoms with van der Waals surface area (Å²) in [6, 6.07) is 28.7. The highest BCUT2D eigenvalue weighted by molar-refractivity contribution is 5.85. The van der Waals surface area contributed by atoms with Gasteiger partial charge in [0.2, 0.25) is 0 Å². The highest BCUT2D eigenvalue weighted by atomic mass is 15.2. The fraction of sp³-hybridized carbons (Fsp3) is 0.167. The molecule has 2 heteroatoms. The van der Waals surface area contributed by atoms with Gasteiger partial charge in [0, 0.05) is 41.9 Å². The molecule has 3 aromatic carbocycles. The van der Waals surface area contributed by atoms with Crippen LogP contribution in [0.3, 0.4) is 0 Å². The smallest absolute Gasteiger partial charge is 0.0819 e. The van der Waals surface area contributed by atoms with Crippen molar-refractivity contribution < 1.29 is 0 Å². The fourth-order valence-corrected chi connectivity index (χ4v) is 4.39. The average Bonchev–Trinajstić information content (AvgIpc) is 3.04. The van der Waals surface area contributed by atoms with Gasteiger partial charge >= 0.3 is 0 Å². The van der Waals surface area contributed by atoms with Crippen molar-refractivity contribution in [1.82, 2.24) is 4.57 Å². The number of hydrogen-bond acceptors (Lipinski definition) is 1. The summed E-state index contributed by atoms with van der Waals surface area (Å²) in [4.78, 5) is 2.56. The minimum atomic E-state index is 0.244. The molecule has 0 spiro atoms. The van der Waals surface area contributed by atoms with Gasteiger partial charge in [-0.25, -0.2) is 0 Å². The van der Waals surface area contributed by atoms with Gasteiger partial charge in [0.1, 0.15) is 0 Å². The lowest BCUT2D eigenvalue weighted by molar-refractivity contribution is 0.654. The van der Waals surface area contributed by atoms with Gasteiger partial charge in [0.05, 0.1) is 6.04 Å². The number of aryl methyl sites for hydroxylation is 1. The van der Waals surface area contributed by atoms with E-state index in [9.17, 15) is 0 Å². The highest BCUT2D eigenvalue weighted by Gasteiger charge is 2.30. The first kappa shape index (κ1) is 15.3. The quantitative estimate of drug-likeness (QED) is 0.479. The lowest BCUT2D eigenvalue weighted by Crippen LogP contribution is -2.36. The summed E-state index contributed by atoms with van der Waals surface area (Å²) >= 11 is 0. The molecule has 4 aromatic rings. The molecule has 2 nitrogen and oxygen atoms in total. The molecule has 0 bridgehead atoms. The van der Waals surface area contributed by atoms with Crippen LogP contribution in [0.1, 0.15) is 22.7 Å². The zero-order valence-corrected chi connectivity index (χ0v) is 15.0. The number of hydrogen-bond donors (Lipinski definition) is 0. The number of para-hydroxylation sites is 2. The minimum absolute atomic E-state index is 0.244. The van der Waals surface area contributed by atoms with E-state index in [-0.39, 0.29) is 6.04 Å². The van der Waals surface area contributed by atoms with Gasteiger partial charge in [-0.1, -0.05) is 60.7 Å². The van der Waals surface area contributed by atoms with Crippen LogP contribution in [0.25, 0.3) is 10.9 Å². The van der Waals surface area contributed by atoms with Crippen LogP contribution in [0, 0.1) is 0 Å². The highest BCUT2D eigenvalue weighted by Crippen LogP contribution is 2.41. The standard InChI is InChI=1S/C24H22N2/c1-25-17-22(21-13-7-8-14-23(21)25)24-20-12-6-5-9-18(20)15-16-26(24)19-10-3-2-4-11-19/h2-14,17,24H,15-16H2,1H3/t24-/m0/s1. The largest absolute Gasteiger partial charge is 0.360 e. The molecule has 1 aliphatic rings. The van der Waals surface area contributed by atoms with Crippen molar-refractivity contribution in [3.05, 3.63) is 102 Å². The molecule has 0 aliphatic carbocycles. The average molecular weight is 338 g/mol. The first-order chi connectivity index (χ1) is 12.8. The third-order valence-corrected chi connectivity index (χ3v) is 5.59. The Balaban J connectivity index is 1.76. The van der Waals surface area contributed by atoms with Gasteiger partial charge in [-0.2, -0.15) is 0 Å². The lowest BCUT2D eigenvalue weighted by atomic mass is 9.87. The second-order valence-electron chi connectivity index (χ2n) is 7.09. The number of benzene rings is 3. The molecule has 0 radical (unpaired) electrons. The molecule has 1 atom stereocenters. The molecule has 0 saturated heterocycles. The van der Waals surface area contributed by atoms with Gasteiger partial charge in [-0.3, -0.25) is 0 Å². The van der Waals surface area contributed by atoms with E-state index < -0.39 is 0 Å². The van der Waals surface area contributed by atoms with Crippen LogP contribution in [-0.2, 0) is 13.5 Å². The van der Waals surface area contributed by atoms with Crippen molar-refractivity contribution in [3.8, 4) is 0 Å². The van der Waals surface area contributed by atoms with E-state index in [1.807, 2.05) is 0 Å². The zero-order chi connectivity index (χ0) is 17.5. The minimum Gasteiger partial charge on any atom is -0.360 e. The van der Waals surface area contributed by atoms with Crippen LogP contribution in [-0.4, -0.2) is 11.1 Å². The summed E-state index contributed by atoms with van der Waals surface area (Å²) in [5.41, 5.74) is 6.87. The molecule has 128 valence electrons. The van der Waals surface area contributed by atoms with E-state index >= 15 is 0 Å². The van der Waals surface area contributed by atoms with Crippen LogP contribution in [0.5, 0.6) is 0 Å². The summed E-state index contributed by atoms with van der Waals surface area (Å²) in [6.07, 6.45) is 3.40. The fourth-order valence-electron chi connectivity index (χ4n) is 4.39. The molecule has 1 aromatic heterocycles. The summed E-state index contributed by atoms with van der Waals surface area (Å²) < 4.78 is 2.26. The van der Waals surface area contributed by atoms with Crippen LogP contribution >= 0.6 is 0 Å². The van der Waals surface area contributed by atoms with Crippen LogP contribution < -0.4 is 4.90 Å². The third kappa shape index (κ3) is 2.33. The Labute approximate surface area is 154 Å². The Hall–Kier alpha value is -3.00. The molecule has 0 fully saturated rings. The van der Waals surface area contributed by atoms with E-state index in [1.165, 1.54) is 33.3 Å². The Bertz CT molecular complexity index is 1060. The molecule has 0 unspecified atom stereocenters. The molecule has 1 aliphatic heterocycles. The number of aromatic nitrogens is 1. The molecule has 2 heterocycles. The van der Waals surface area contributed by atoms with Gasteiger partial charge in [0.15, 0.2) is 0 Å². The van der Waals surface area contributed by atoms with E-state index in [0.29, 0.717) is 0 Å². The Morgan fingerprint density at radius 2 is 1.50 bits per heavy atom. The Morgan fingerprint density at radius 1 is 0.769 bits per heavy atom. The van der Waals surface area contributed by atoms with E-state index in [4.69, 9.17) is 0 Å². The predicted octanol–water partition coefficient (Wildman–Crippen LogP) is 5.33. The van der Waals surface area contributed by atoms with E-state index in [1.54, 1.807) is 0 Å². The van der Waals surface area contributed by atoms with Crippen LogP contribution in [0.2, 0.25) is 0 Å². The Kier molecular flexibility index (Phi) is 3.56. The molecule has 26 heavy (non-hydrogen) atoms. The Morgan fingerprint density at radius 3 is 2.38 bits per heavy atom. The van der Waals surface area contributed by atoms with Gasteiger partial charge < -0.3 is 9.47 Å². The number of rotatable bonds is 2. The van der Waals surface area contributed by atoms with Gasteiger partial charge in [-0.05, 0) is 35.7 Å². The normalized spacial score (nSPS) is 16.7. The van der Waals surface area contributed by atoms with E-state index in [0.717, 1.165) is 13.0 Å². The second kappa shape index (κ2) is 6.06. The number of fused-ring (bicyclic) bond motifs is 2. The number of anilines is 1. The first-order valence-electron chi connectivity index (χ1n) is 9.26. The molecular formula is C24H22N2. The van der Waals surface area contributed by atoms with Crippen molar-refractivity contribution in [3.63, 3.8) is 0 Å². The van der Waals surface area contributed by atoms with Crippen molar-refractivity contribution in [2.45, 2.75) is 12.5 Å². The van der Waals surface area contributed by atoms with Crippen LogP contribution in [0.15, 0.2) is 85.1 Å². The summed E-state index contributed by atoms with van der Waals surface area (Å²) in [5.74, 6) is 0. The van der Waals surface area contributed by atoms with Gasteiger partial charge in [-0.15, -0.1) is 0 Å². The van der Waals surface area contributed by atoms with Crippen molar-refractivity contribution >= 4 is 16.6 Å². The van der Waals surface area contributed by atoms with Crippen LogP contribution in [0.4, 0.5) is 5.69 Å². The maximum Gasteiger partial charge on any atom is 0.0819 e. The summed E-state index contributed by atoms with van der Waals surface area (Å²) in [5, 5.41) is 1.35. The van der Waals surface area contributed by atoms with Crippen molar-refractivity contribution in [2.24, 2.45) is 7.05 Å². The van der Waals surface area contributed by atoms with Crippen molar-refractivity contribution in [2.75, 3.05) is 11.4 Å². The first-order valence-corrected chi connectivity index (χ1v) is 9.26. The SMILES string of the molecule is Cn1cc([C@@H]2c3ccccc3CCN2c2ccccc2)c2ccccc21. The van der Waals surface area contributed by atoms with Crippen molar-refractivity contribution in [1.29, 1.82) is 0 Å².